The lowest BCUT2D eigenvalue weighted by Gasteiger charge is -2.05. The average molecular weight is 446 g/mol. The third-order valence-electron chi connectivity index (χ3n) is 4.11. The topological polar surface area (TPSA) is 46.9 Å². The first kappa shape index (κ1) is 19.2. The molecule has 2 heterocycles. The molecule has 1 aliphatic heterocycles. The fourth-order valence-corrected chi connectivity index (χ4v) is 4.33. The Hall–Kier alpha value is -2.12. The molecule has 1 fully saturated rings. The molecule has 0 spiro atoms. The standard InChI is InChI=1S/C20H13Cl2N3OS2/c21-15-7-6-13(16(22)9-15)10-25-11-14(8-17-19(26)23-20(27)28-17)18(24-25)12-4-2-1-3-5-12/h1-9,11H,10H2,(H,23,26,27)/b17-8+. The van der Waals surface area contributed by atoms with E-state index in [1.807, 2.05) is 48.7 Å². The molecule has 140 valence electrons. The summed E-state index contributed by atoms with van der Waals surface area (Å²) < 4.78 is 2.26. The highest BCUT2D eigenvalue weighted by Crippen LogP contribution is 2.30. The highest BCUT2D eigenvalue weighted by atomic mass is 35.5. The van der Waals surface area contributed by atoms with Gasteiger partial charge in [-0.15, -0.1) is 0 Å². The van der Waals surface area contributed by atoms with Crippen LogP contribution in [0.3, 0.4) is 0 Å². The van der Waals surface area contributed by atoms with Crippen molar-refractivity contribution in [2.75, 3.05) is 0 Å². The Morgan fingerprint density at radius 3 is 2.64 bits per heavy atom. The number of thioether (sulfide) groups is 1. The number of benzene rings is 2. The van der Waals surface area contributed by atoms with Gasteiger partial charge in [0.15, 0.2) is 0 Å². The molecule has 0 radical (unpaired) electrons. The zero-order chi connectivity index (χ0) is 19.7. The third kappa shape index (κ3) is 4.15. The molecule has 3 aromatic rings. The van der Waals surface area contributed by atoms with Crippen LogP contribution in [0.2, 0.25) is 10.0 Å². The van der Waals surface area contributed by atoms with Crippen LogP contribution in [0, 0.1) is 0 Å². The maximum absolute atomic E-state index is 12.1. The van der Waals surface area contributed by atoms with E-state index in [0.29, 0.717) is 25.8 Å². The van der Waals surface area contributed by atoms with E-state index >= 15 is 0 Å². The second-order valence-electron chi connectivity index (χ2n) is 6.08. The van der Waals surface area contributed by atoms with E-state index in [2.05, 4.69) is 5.32 Å². The lowest BCUT2D eigenvalue weighted by molar-refractivity contribution is -0.115. The van der Waals surface area contributed by atoms with E-state index in [9.17, 15) is 4.79 Å². The van der Waals surface area contributed by atoms with E-state index in [1.165, 1.54) is 11.8 Å². The molecule has 0 bridgehead atoms. The van der Waals surface area contributed by atoms with Crippen LogP contribution in [0.15, 0.2) is 59.6 Å². The van der Waals surface area contributed by atoms with Crippen LogP contribution in [-0.4, -0.2) is 20.0 Å². The summed E-state index contributed by atoms with van der Waals surface area (Å²) in [4.78, 5) is 12.6. The van der Waals surface area contributed by atoms with Gasteiger partial charge in [0.25, 0.3) is 5.91 Å². The van der Waals surface area contributed by atoms with Crippen molar-refractivity contribution >= 4 is 63.5 Å². The summed E-state index contributed by atoms with van der Waals surface area (Å²) in [5.41, 5.74) is 3.48. The summed E-state index contributed by atoms with van der Waals surface area (Å²) in [5, 5.41) is 8.54. The number of thiocarbonyl (C=S) groups is 1. The minimum Gasteiger partial charge on any atom is -0.307 e. The van der Waals surface area contributed by atoms with Gasteiger partial charge in [0.05, 0.1) is 17.1 Å². The largest absolute Gasteiger partial charge is 0.307 e. The van der Waals surface area contributed by atoms with Gasteiger partial charge in [0.1, 0.15) is 4.32 Å². The Morgan fingerprint density at radius 1 is 1.18 bits per heavy atom. The van der Waals surface area contributed by atoms with Crippen molar-refractivity contribution in [2.45, 2.75) is 6.54 Å². The van der Waals surface area contributed by atoms with Crippen molar-refractivity contribution in [1.82, 2.24) is 15.1 Å². The molecule has 0 aliphatic carbocycles. The molecule has 0 saturated carbocycles. The van der Waals surface area contributed by atoms with Crippen LogP contribution in [0.4, 0.5) is 0 Å². The summed E-state index contributed by atoms with van der Waals surface area (Å²) in [5.74, 6) is -0.192. The molecule has 1 aromatic heterocycles. The highest BCUT2D eigenvalue weighted by molar-refractivity contribution is 8.26. The molecule has 0 atom stereocenters. The average Bonchev–Trinajstić information content (AvgIpc) is 3.21. The number of hydrogen-bond acceptors (Lipinski definition) is 4. The van der Waals surface area contributed by atoms with Gasteiger partial charge in [-0.1, -0.05) is 83.6 Å². The number of aromatic nitrogens is 2. The van der Waals surface area contributed by atoms with Crippen molar-refractivity contribution in [3.05, 3.63) is 80.8 Å². The molecule has 1 saturated heterocycles. The minimum atomic E-state index is -0.192. The number of nitrogens with one attached hydrogen (secondary N) is 1. The molecule has 0 unspecified atom stereocenters. The van der Waals surface area contributed by atoms with Crippen molar-refractivity contribution < 1.29 is 4.79 Å². The van der Waals surface area contributed by atoms with Crippen molar-refractivity contribution in [1.29, 1.82) is 0 Å². The van der Waals surface area contributed by atoms with Gasteiger partial charge in [0.2, 0.25) is 0 Å². The van der Waals surface area contributed by atoms with E-state index in [1.54, 1.807) is 16.8 Å². The molecular formula is C20H13Cl2N3OS2. The molecule has 2 aromatic carbocycles. The first-order chi connectivity index (χ1) is 13.5. The van der Waals surface area contributed by atoms with E-state index in [4.69, 9.17) is 40.5 Å². The van der Waals surface area contributed by atoms with Crippen LogP contribution in [-0.2, 0) is 11.3 Å². The second kappa shape index (κ2) is 8.09. The molecule has 1 amide bonds. The molecule has 1 aliphatic rings. The van der Waals surface area contributed by atoms with Crippen molar-refractivity contribution in [3.63, 3.8) is 0 Å². The van der Waals surface area contributed by atoms with Gasteiger partial charge < -0.3 is 5.32 Å². The minimum absolute atomic E-state index is 0.192. The van der Waals surface area contributed by atoms with E-state index < -0.39 is 0 Å². The Labute approximate surface area is 181 Å². The zero-order valence-corrected chi connectivity index (χ0v) is 17.5. The monoisotopic (exact) mass is 445 g/mol. The Kier molecular flexibility index (Phi) is 5.55. The lowest BCUT2D eigenvalue weighted by Crippen LogP contribution is -2.17. The maximum atomic E-state index is 12.1. The number of nitrogens with zero attached hydrogens (tertiary/aromatic N) is 2. The van der Waals surface area contributed by atoms with Gasteiger partial charge in [-0.3, -0.25) is 9.48 Å². The maximum Gasteiger partial charge on any atom is 0.263 e. The fraction of sp³-hybridized carbons (Fsp3) is 0.0500. The molecule has 8 heteroatoms. The molecular weight excluding hydrogens is 433 g/mol. The summed E-state index contributed by atoms with van der Waals surface area (Å²) in [6.45, 7) is 0.483. The zero-order valence-electron chi connectivity index (χ0n) is 14.4. The molecule has 4 rings (SSSR count). The van der Waals surface area contributed by atoms with Gasteiger partial charge in [-0.25, -0.2) is 0 Å². The van der Waals surface area contributed by atoms with Gasteiger partial charge >= 0.3 is 0 Å². The van der Waals surface area contributed by atoms with E-state index in [-0.39, 0.29) is 5.91 Å². The van der Waals surface area contributed by atoms with Crippen molar-refractivity contribution in [3.8, 4) is 11.3 Å². The predicted molar refractivity (Wildman–Crippen MR) is 120 cm³/mol. The third-order valence-corrected chi connectivity index (χ3v) is 5.86. The van der Waals surface area contributed by atoms with Crippen LogP contribution in [0.1, 0.15) is 11.1 Å². The number of carbonyl (C=O) groups excluding carboxylic acids is 1. The second-order valence-corrected chi connectivity index (χ2v) is 8.65. The smallest absolute Gasteiger partial charge is 0.263 e. The SMILES string of the molecule is O=C1NC(=S)S/C1=C/c1cn(Cc2ccc(Cl)cc2Cl)nc1-c1ccccc1. The quantitative estimate of drug-likeness (QED) is 0.431. The Bertz CT molecular complexity index is 1110. The Morgan fingerprint density at radius 2 is 1.96 bits per heavy atom. The normalized spacial score (nSPS) is 15.3. The summed E-state index contributed by atoms with van der Waals surface area (Å²) in [6.07, 6.45) is 3.71. The predicted octanol–water partition coefficient (Wildman–Crippen LogP) is 5.39. The van der Waals surface area contributed by atoms with Crippen LogP contribution in [0.5, 0.6) is 0 Å². The molecule has 28 heavy (non-hydrogen) atoms. The van der Waals surface area contributed by atoms with Gasteiger partial charge in [-0.05, 0) is 23.8 Å². The Balaban J connectivity index is 1.75. The number of carbonyl (C=O) groups is 1. The van der Waals surface area contributed by atoms with Crippen molar-refractivity contribution in [2.24, 2.45) is 0 Å². The van der Waals surface area contributed by atoms with Crippen LogP contribution in [0.25, 0.3) is 17.3 Å². The summed E-state index contributed by atoms with van der Waals surface area (Å²) >= 11 is 18.6. The number of halogens is 2. The number of hydrogen-bond donors (Lipinski definition) is 1. The highest BCUT2D eigenvalue weighted by Gasteiger charge is 2.23. The summed E-state index contributed by atoms with van der Waals surface area (Å²) in [6, 6.07) is 15.2. The summed E-state index contributed by atoms with van der Waals surface area (Å²) in [7, 11) is 0. The number of amides is 1. The van der Waals surface area contributed by atoms with E-state index in [0.717, 1.165) is 22.4 Å². The molecule has 4 nitrogen and oxygen atoms in total. The number of rotatable bonds is 4. The van der Waals surface area contributed by atoms with Gasteiger partial charge in [0, 0.05) is 27.4 Å². The first-order valence-electron chi connectivity index (χ1n) is 8.31. The first-order valence-corrected chi connectivity index (χ1v) is 10.3. The lowest BCUT2D eigenvalue weighted by atomic mass is 10.1. The molecule has 1 N–H and O–H groups in total. The van der Waals surface area contributed by atoms with Crippen LogP contribution >= 0.6 is 47.2 Å². The van der Waals surface area contributed by atoms with Crippen LogP contribution < -0.4 is 5.32 Å². The fourth-order valence-electron chi connectivity index (χ4n) is 2.83. The van der Waals surface area contributed by atoms with Gasteiger partial charge in [-0.2, -0.15) is 5.10 Å².